The number of benzene rings is 2. The van der Waals surface area contributed by atoms with E-state index in [0.29, 0.717) is 9.58 Å². The van der Waals surface area contributed by atoms with Crippen LogP contribution >= 0.6 is 11.3 Å². The van der Waals surface area contributed by atoms with Crippen LogP contribution in [0.25, 0.3) is 20.5 Å². The van der Waals surface area contributed by atoms with Gasteiger partial charge in [0.2, 0.25) is 0 Å². The second-order valence-electron chi connectivity index (χ2n) is 4.51. The Labute approximate surface area is 120 Å². The maximum Gasteiger partial charge on any atom is 0.177 e. The van der Waals surface area contributed by atoms with Gasteiger partial charge in [0.05, 0.1) is 9.77 Å². The highest BCUT2D eigenvalue weighted by molar-refractivity contribution is 7.91. The Morgan fingerprint density at radius 1 is 1.00 bits per heavy atom. The zero-order valence-electron chi connectivity index (χ0n) is 10.6. The molecule has 102 valence electrons. The van der Waals surface area contributed by atoms with Gasteiger partial charge in [-0.15, -0.1) is 11.3 Å². The van der Waals surface area contributed by atoms with Crippen molar-refractivity contribution in [1.82, 2.24) is 0 Å². The summed E-state index contributed by atoms with van der Waals surface area (Å²) in [6.45, 7) is 0. The van der Waals surface area contributed by atoms with E-state index in [1.54, 1.807) is 12.1 Å². The zero-order chi connectivity index (χ0) is 14.3. The highest BCUT2D eigenvalue weighted by atomic mass is 32.2. The summed E-state index contributed by atoms with van der Waals surface area (Å²) in [5.41, 5.74) is 0.786. The van der Waals surface area contributed by atoms with Crippen LogP contribution in [-0.2, 0) is 9.84 Å². The van der Waals surface area contributed by atoms with E-state index in [9.17, 15) is 12.8 Å². The Bertz CT molecular complexity index is 881. The Morgan fingerprint density at radius 2 is 1.70 bits per heavy atom. The van der Waals surface area contributed by atoms with Crippen molar-refractivity contribution in [2.45, 2.75) is 4.90 Å². The van der Waals surface area contributed by atoms with Crippen molar-refractivity contribution in [3.8, 4) is 10.4 Å². The molecule has 0 N–H and O–H groups in total. The van der Waals surface area contributed by atoms with Gasteiger partial charge in [-0.2, -0.15) is 0 Å². The zero-order valence-corrected chi connectivity index (χ0v) is 12.3. The Kier molecular flexibility index (Phi) is 3.11. The second-order valence-corrected chi connectivity index (χ2v) is 7.52. The minimum absolute atomic E-state index is 0.0850. The molecular formula is C15H11FO2S2. The monoisotopic (exact) mass is 306 g/mol. The Balaban J connectivity index is 2.48. The topological polar surface area (TPSA) is 34.1 Å². The third-order valence-corrected chi connectivity index (χ3v) is 5.51. The van der Waals surface area contributed by atoms with Crippen molar-refractivity contribution in [1.29, 1.82) is 0 Å². The quantitative estimate of drug-likeness (QED) is 0.714. The normalized spacial score (nSPS) is 11.9. The van der Waals surface area contributed by atoms with Gasteiger partial charge in [-0.1, -0.05) is 36.4 Å². The van der Waals surface area contributed by atoms with Gasteiger partial charge in [-0.25, -0.2) is 12.8 Å². The smallest absolute Gasteiger partial charge is 0.177 e. The fourth-order valence-corrected chi connectivity index (χ4v) is 5.01. The maximum absolute atomic E-state index is 14.0. The second kappa shape index (κ2) is 4.68. The molecule has 1 heterocycles. The summed E-state index contributed by atoms with van der Waals surface area (Å²) in [6, 6.07) is 13.8. The summed E-state index contributed by atoms with van der Waals surface area (Å²) in [7, 11) is -3.52. The predicted molar refractivity (Wildman–Crippen MR) is 80.3 cm³/mol. The van der Waals surface area contributed by atoms with Gasteiger partial charge < -0.3 is 0 Å². The molecule has 0 saturated carbocycles. The standard InChI is InChI=1S/C15H11FO2S2/c1-20(17,18)15-13-11(16)8-5-9-12(13)19-14(15)10-6-3-2-4-7-10/h2-9H,1H3. The average molecular weight is 306 g/mol. The molecule has 3 rings (SSSR count). The van der Waals surface area contributed by atoms with Crippen molar-refractivity contribution in [2.24, 2.45) is 0 Å². The molecule has 0 unspecified atom stereocenters. The molecule has 0 saturated heterocycles. The fourth-order valence-electron chi connectivity index (χ4n) is 2.21. The highest BCUT2D eigenvalue weighted by Crippen LogP contribution is 2.42. The lowest BCUT2D eigenvalue weighted by atomic mass is 10.1. The molecule has 0 fully saturated rings. The molecule has 0 atom stereocenters. The highest BCUT2D eigenvalue weighted by Gasteiger charge is 2.23. The van der Waals surface area contributed by atoms with E-state index in [0.717, 1.165) is 11.8 Å². The first-order chi connectivity index (χ1) is 9.48. The molecule has 2 nitrogen and oxygen atoms in total. The van der Waals surface area contributed by atoms with E-state index >= 15 is 0 Å². The van der Waals surface area contributed by atoms with Gasteiger partial charge in [0.15, 0.2) is 9.84 Å². The summed E-state index contributed by atoms with van der Waals surface area (Å²) >= 11 is 1.30. The first kappa shape index (κ1) is 13.3. The number of hydrogen-bond acceptors (Lipinski definition) is 3. The molecule has 0 aliphatic rings. The molecule has 3 aromatic rings. The number of rotatable bonds is 2. The predicted octanol–water partition coefficient (Wildman–Crippen LogP) is 4.11. The lowest BCUT2D eigenvalue weighted by Gasteiger charge is -2.03. The van der Waals surface area contributed by atoms with E-state index in [1.165, 1.54) is 17.4 Å². The summed E-state index contributed by atoms with van der Waals surface area (Å²) in [6.07, 6.45) is 1.12. The first-order valence-electron chi connectivity index (χ1n) is 5.95. The molecule has 0 aliphatic carbocycles. The van der Waals surface area contributed by atoms with E-state index in [-0.39, 0.29) is 10.3 Å². The van der Waals surface area contributed by atoms with E-state index < -0.39 is 15.7 Å². The van der Waals surface area contributed by atoms with Crippen LogP contribution in [0.15, 0.2) is 53.4 Å². The van der Waals surface area contributed by atoms with Crippen LogP contribution in [0.4, 0.5) is 4.39 Å². The van der Waals surface area contributed by atoms with Gasteiger partial charge in [-0.3, -0.25) is 0 Å². The van der Waals surface area contributed by atoms with Gasteiger partial charge in [-0.05, 0) is 17.7 Å². The van der Waals surface area contributed by atoms with Gasteiger partial charge in [0.25, 0.3) is 0 Å². The van der Waals surface area contributed by atoms with E-state index in [4.69, 9.17) is 0 Å². The van der Waals surface area contributed by atoms with Gasteiger partial charge >= 0.3 is 0 Å². The average Bonchev–Trinajstić information content (AvgIpc) is 2.80. The molecule has 0 amide bonds. The maximum atomic E-state index is 14.0. The third kappa shape index (κ3) is 2.13. The van der Waals surface area contributed by atoms with Crippen molar-refractivity contribution >= 4 is 31.3 Å². The van der Waals surface area contributed by atoms with Crippen molar-refractivity contribution in [3.63, 3.8) is 0 Å². The SMILES string of the molecule is CS(=O)(=O)c1c(-c2ccccc2)sc2cccc(F)c12. The minimum Gasteiger partial charge on any atom is -0.224 e. The number of sulfone groups is 1. The molecule has 5 heteroatoms. The molecule has 2 aromatic carbocycles. The molecule has 0 radical (unpaired) electrons. The fraction of sp³-hybridized carbons (Fsp3) is 0.0667. The van der Waals surface area contributed by atoms with Crippen LogP contribution in [0.3, 0.4) is 0 Å². The van der Waals surface area contributed by atoms with Crippen molar-refractivity contribution in [3.05, 3.63) is 54.3 Å². The number of fused-ring (bicyclic) bond motifs is 1. The largest absolute Gasteiger partial charge is 0.224 e. The molecule has 20 heavy (non-hydrogen) atoms. The molecule has 0 aliphatic heterocycles. The number of halogens is 1. The van der Waals surface area contributed by atoms with E-state index in [1.807, 2.05) is 30.3 Å². The van der Waals surface area contributed by atoms with Crippen LogP contribution in [0, 0.1) is 5.82 Å². The van der Waals surface area contributed by atoms with Crippen molar-refractivity contribution in [2.75, 3.05) is 6.26 Å². The Hall–Kier alpha value is -1.72. The summed E-state index contributed by atoms with van der Waals surface area (Å²) in [5.74, 6) is -0.499. The minimum atomic E-state index is -3.52. The van der Waals surface area contributed by atoms with Crippen LogP contribution in [-0.4, -0.2) is 14.7 Å². The van der Waals surface area contributed by atoms with Crippen LogP contribution < -0.4 is 0 Å². The summed E-state index contributed by atoms with van der Waals surface area (Å²) in [4.78, 5) is 0.676. The lowest BCUT2D eigenvalue weighted by molar-refractivity contribution is 0.601. The molecule has 0 bridgehead atoms. The molecular weight excluding hydrogens is 295 g/mol. The molecule has 1 aromatic heterocycles. The van der Waals surface area contributed by atoms with Crippen LogP contribution in [0.1, 0.15) is 0 Å². The number of hydrogen-bond donors (Lipinski definition) is 0. The third-order valence-electron chi connectivity index (χ3n) is 3.03. The summed E-state index contributed by atoms with van der Waals surface area (Å²) < 4.78 is 38.9. The number of thiophene rings is 1. The molecule has 0 spiro atoms. The Morgan fingerprint density at radius 3 is 2.35 bits per heavy atom. The van der Waals surface area contributed by atoms with Crippen molar-refractivity contribution < 1.29 is 12.8 Å². The van der Waals surface area contributed by atoms with Crippen LogP contribution in [0.2, 0.25) is 0 Å². The first-order valence-corrected chi connectivity index (χ1v) is 8.66. The van der Waals surface area contributed by atoms with Gasteiger partial charge in [0.1, 0.15) is 5.82 Å². The van der Waals surface area contributed by atoms with Crippen LogP contribution in [0.5, 0.6) is 0 Å². The van der Waals surface area contributed by atoms with E-state index in [2.05, 4.69) is 0 Å². The summed E-state index contributed by atoms with van der Waals surface area (Å²) in [5, 5.41) is 0.193. The lowest BCUT2D eigenvalue weighted by Crippen LogP contribution is -1.98. The van der Waals surface area contributed by atoms with Gasteiger partial charge in [0, 0.05) is 16.3 Å².